The number of anilines is 1. The molecule has 0 saturated carbocycles. The molecule has 24 heavy (non-hydrogen) atoms. The molecule has 5 nitrogen and oxygen atoms in total. The molecular formula is C17H16IN3O2S. The lowest BCUT2D eigenvalue weighted by Crippen LogP contribution is -2.16. The summed E-state index contributed by atoms with van der Waals surface area (Å²) in [6.07, 6.45) is 0. The van der Waals surface area contributed by atoms with Gasteiger partial charge in [-0.05, 0) is 72.3 Å². The highest BCUT2D eigenvalue weighted by Crippen LogP contribution is 2.23. The molecule has 0 bridgehead atoms. The number of sulfonamides is 1. The summed E-state index contributed by atoms with van der Waals surface area (Å²) in [6, 6.07) is 16.1. The Kier molecular flexibility index (Phi) is 4.64. The molecule has 124 valence electrons. The van der Waals surface area contributed by atoms with Crippen LogP contribution in [0, 0.1) is 17.4 Å². The summed E-state index contributed by atoms with van der Waals surface area (Å²) in [7, 11) is -3.67. The van der Waals surface area contributed by atoms with Crippen molar-refractivity contribution in [3.05, 3.63) is 69.4 Å². The van der Waals surface area contributed by atoms with Gasteiger partial charge >= 0.3 is 0 Å². The maximum absolute atomic E-state index is 12.6. The van der Waals surface area contributed by atoms with Crippen LogP contribution >= 0.6 is 22.6 Å². The van der Waals surface area contributed by atoms with Gasteiger partial charge < -0.3 is 0 Å². The van der Waals surface area contributed by atoms with Crippen LogP contribution in [0.2, 0.25) is 0 Å². The number of para-hydroxylation sites is 1. The molecule has 1 heterocycles. The average Bonchev–Trinajstić information content (AvgIpc) is 2.88. The number of nitrogens with zero attached hydrogens (tertiary/aromatic N) is 2. The zero-order valence-electron chi connectivity index (χ0n) is 13.2. The van der Waals surface area contributed by atoms with Crippen LogP contribution in [0.4, 0.5) is 5.82 Å². The van der Waals surface area contributed by atoms with Crippen molar-refractivity contribution in [2.45, 2.75) is 18.7 Å². The van der Waals surface area contributed by atoms with Crippen molar-refractivity contribution in [3.8, 4) is 5.69 Å². The lowest BCUT2D eigenvalue weighted by molar-refractivity contribution is 0.600. The maximum Gasteiger partial charge on any atom is 0.263 e. The highest BCUT2D eigenvalue weighted by molar-refractivity contribution is 14.1. The number of benzene rings is 2. The van der Waals surface area contributed by atoms with Gasteiger partial charge in [0.1, 0.15) is 5.82 Å². The van der Waals surface area contributed by atoms with Crippen molar-refractivity contribution in [2.24, 2.45) is 0 Å². The molecule has 3 aromatic rings. The van der Waals surface area contributed by atoms with Gasteiger partial charge in [-0.2, -0.15) is 5.10 Å². The van der Waals surface area contributed by atoms with E-state index in [-0.39, 0.29) is 4.90 Å². The van der Waals surface area contributed by atoms with E-state index in [4.69, 9.17) is 0 Å². The number of nitrogens with one attached hydrogen (secondary N) is 1. The summed E-state index contributed by atoms with van der Waals surface area (Å²) in [5, 5.41) is 4.42. The quantitative estimate of drug-likeness (QED) is 0.610. The van der Waals surface area contributed by atoms with E-state index in [1.807, 2.05) is 38.1 Å². The molecular weight excluding hydrogens is 437 g/mol. The first kappa shape index (κ1) is 17.0. The number of aryl methyl sites for hydroxylation is 2. The predicted octanol–water partition coefficient (Wildman–Crippen LogP) is 3.89. The topological polar surface area (TPSA) is 64.0 Å². The molecule has 0 spiro atoms. The summed E-state index contributed by atoms with van der Waals surface area (Å²) >= 11 is 2.14. The molecule has 0 fully saturated rings. The van der Waals surface area contributed by atoms with Crippen molar-refractivity contribution < 1.29 is 8.42 Å². The Morgan fingerprint density at radius 3 is 2.38 bits per heavy atom. The van der Waals surface area contributed by atoms with Gasteiger partial charge in [0.05, 0.1) is 16.3 Å². The smallest absolute Gasteiger partial charge is 0.263 e. The number of rotatable bonds is 4. The van der Waals surface area contributed by atoms with Crippen LogP contribution in [0.1, 0.15) is 11.3 Å². The van der Waals surface area contributed by atoms with Crippen molar-refractivity contribution in [1.29, 1.82) is 0 Å². The van der Waals surface area contributed by atoms with Gasteiger partial charge in [0.15, 0.2) is 0 Å². The van der Waals surface area contributed by atoms with Gasteiger partial charge in [-0.25, -0.2) is 13.1 Å². The number of halogens is 1. The fourth-order valence-electron chi connectivity index (χ4n) is 2.37. The van der Waals surface area contributed by atoms with Crippen molar-refractivity contribution in [1.82, 2.24) is 9.78 Å². The van der Waals surface area contributed by atoms with Gasteiger partial charge in [0.2, 0.25) is 0 Å². The van der Waals surface area contributed by atoms with Crippen LogP contribution in [-0.2, 0) is 10.0 Å². The first-order chi connectivity index (χ1) is 11.4. The third-order valence-electron chi connectivity index (χ3n) is 3.54. The molecule has 0 aliphatic rings. The third kappa shape index (κ3) is 3.46. The van der Waals surface area contributed by atoms with E-state index in [9.17, 15) is 8.42 Å². The molecule has 0 aliphatic heterocycles. The summed E-state index contributed by atoms with van der Waals surface area (Å²) in [5.41, 5.74) is 2.58. The number of hydrogen-bond acceptors (Lipinski definition) is 3. The number of hydrogen-bond donors (Lipinski definition) is 1. The lowest BCUT2D eigenvalue weighted by atomic mass is 10.2. The first-order valence-electron chi connectivity index (χ1n) is 7.28. The summed E-state index contributed by atoms with van der Waals surface area (Å²) in [4.78, 5) is 0.220. The molecule has 0 unspecified atom stereocenters. The molecule has 0 saturated heterocycles. The molecule has 3 rings (SSSR count). The predicted molar refractivity (Wildman–Crippen MR) is 103 cm³/mol. The molecule has 1 N–H and O–H groups in total. The summed E-state index contributed by atoms with van der Waals surface area (Å²) < 4.78 is 30.5. The van der Waals surface area contributed by atoms with E-state index in [0.717, 1.165) is 20.5 Å². The Labute approximate surface area is 154 Å². The molecule has 2 aromatic carbocycles. The fraction of sp³-hybridized carbons (Fsp3) is 0.118. The van der Waals surface area contributed by atoms with E-state index < -0.39 is 10.0 Å². The van der Waals surface area contributed by atoms with E-state index >= 15 is 0 Å². The van der Waals surface area contributed by atoms with Crippen LogP contribution in [-0.4, -0.2) is 18.2 Å². The van der Waals surface area contributed by atoms with E-state index in [0.29, 0.717) is 5.82 Å². The Bertz CT molecular complexity index is 979. The average molecular weight is 453 g/mol. The zero-order chi connectivity index (χ0) is 17.3. The number of aromatic nitrogens is 2. The zero-order valence-corrected chi connectivity index (χ0v) is 16.2. The Hall–Kier alpha value is -1.87. The van der Waals surface area contributed by atoms with E-state index in [2.05, 4.69) is 32.4 Å². The van der Waals surface area contributed by atoms with Crippen LogP contribution in [0.3, 0.4) is 0 Å². The summed E-state index contributed by atoms with van der Waals surface area (Å²) in [5.74, 6) is 0.417. The third-order valence-corrected chi connectivity index (χ3v) is 5.63. The van der Waals surface area contributed by atoms with Crippen molar-refractivity contribution in [2.75, 3.05) is 4.72 Å². The molecule has 7 heteroatoms. The van der Waals surface area contributed by atoms with Gasteiger partial charge in [-0.15, -0.1) is 0 Å². The Morgan fingerprint density at radius 1 is 1.04 bits per heavy atom. The fourth-order valence-corrected chi connectivity index (χ4v) is 3.76. The van der Waals surface area contributed by atoms with E-state index in [1.165, 1.54) is 0 Å². The Morgan fingerprint density at radius 2 is 1.71 bits per heavy atom. The standard InChI is InChI=1S/C17H16IN3O2S/c1-12-5-3-4-6-16(12)21-17(11-13(2)19-21)20-24(22,23)15-9-7-14(18)8-10-15/h3-11,20H,1-2H3. The van der Waals surface area contributed by atoms with Crippen molar-refractivity contribution in [3.63, 3.8) is 0 Å². The van der Waals surface area contributed by atoms with Gasteiger partial charge in [-0.1, -0.05) is 18.2 Å². The second-order valence-electron chi connectivity index (χ2n) is 5.43. The largest absolute Gasteiger partial charge is 0.263 e. The Balaban J connectivity index is 2.02. The molecule has 0 atom stereocenters. The van der Waals surface area contributed by atoms with Crippen LogP contribution in [0.25, 0.3) is 5.69 Å². The van der Waals surface area contributed by atoms with Gasteiger partial charge in [-0.3, -0.25) is 4.72 Å². The molecule has 0 amide bonds. The normalized spacial score (nSPS) is 11.5. The van der Waals surface area contributed by atoms with Gasteiger partial charge in [0.25, 0.3) is 10.0 Å². The van der Waals surface area contributed by atoms with Crippen LogP contribution in [0.5, 0.6) is 0 Å². The highest BCUT2D eigenvalue weighted by atomic mass is 127. The SMILES string of the molecule is Cc1cc(NS(=O)(=O)c2ccc(I)cc2)n(-c2ccccc2C)n1. The molecule has 0 aliphatic carbocycles. The van der Waals surface area contributed by atoms with Crippen LogP contribution < -0.4 is 4.72 Å². The van der Waals surface area contributed by atoms with Crippen molar-refractivity contribution >= 4 is 38.4 Å². The molecule has 0 radical (unpaired) electrons. The highest BCUT2D eigenvalue weighted by Gasteiger charge is 2.18. The maximum atomic E-state index is 12.6. The monoisotopic (exact) mass is 453 g/mol. The summed E-state index contributed by atoms with van der Waals surface area (Å²) in [6.45, 7) is 3.79. The molecule has 1 aromatic heterocycles. The minimum atomic E-state index is -3.67. The second kappa shape index (κ2) is 6.56. The minimum Gasteiger partial charge on any atom is -0.263 e. The van der Waals surface area contributed by atoms with Crippen LogP contribution in [0.15, 0.2) is 59.5 Å². The lowest BCUT2D eigenvalue weighted by Gasteiger charge is -2.12. The second-order valence-corrected chi connectivity index (χ2v) is 8.36. The minimum absolute atomic E-state index is 0.220. The first-order valence-corrected chi connectivity index (χ1v) is 9.84. The van der Waals surface area contributed by atoms with E-state index in [1.54, 1.807) is 35.0 Å². The van der Waals surface area contributed by atoms with Gasteiger partial charge in [0, 0.05) is 9.64 Å².